The Labute approximate surface area is 78.2 Å². The molecule has 64 valence electrons. The van der Waals surface area contributed by atoms with E-state index in [1.807, 2.05) is 6.92 Å². The monoisotopic (exact) mass is 229 g/mol. The molecule has 0 aliphatic rings. The van der Waals surface area contributed by atoms with Crippen molar-refractivity contribution in [1.82, 2.24) is 4.98 Å². The number of nitrogens with two attached hydrogens (primary N) is 1. The SMILES string of the molecule is Cc1nc(/C(N)=N/O)ccc1Br. The first-order chi connectivity index (χ1) is 5.65. The highest BCUT2D eigenvalue weighted by molar-refractivity contribution is 9.10. The van der Waals surface area contributed by atoms with Gasteiger partial charge in [-0.1, -0.05) is 5.16 Å². The Hall–Kier alpha value is -1.10. The molecule has 1 heterocycles. The molecule has 0 aliphatic heterocycles. The fourth-order valence-corrected chi connectivity index (χ4v) is 0.959. The van der Waals surface area contributed by atoms with Crippen LogP contribution in [0.4, 0.5) is 0 Å². The van der Waals surface area contributed by atoms with Gasteiger partial charge in [-0.05, 0) is 35.0 Å². The van der Waals surface area contributed by atoms with Gasteiger partial charge in [0.1, 0.15) is 5.69 Å². The molecule has 0 atom stereocenters. The van der Waals surface area contributed by atoms with E-state index in [4.69, 9.17) is 10.9 Å². The van der Waals surface area contributed by atoms with Gasteiger partial charge in [-0.2, -0.15) is 0 Å². The van der Waals surface area contributed by atoms with E-state index in [2.05, 4.69) is 26.1 Å². The third-order valence-electron chi connectivity index (χ3n) is 1.39. The summed E-state index contributed by atoms with van der Waals surface area (Å²) in [6.07, 6.45) is 0. The van der Waals surface area contributed by atoms with E-state index in [1.165, 1.54) is 0 Å². The highest BCUT2D eigenvalue weighted by Crippen LogP contribution is 2.13. The molecule has 0 spiro atoms. The molecule has 1 aromatic rings. The number of hydrogen-bond acceptors (Lipinski definition) is 3. The lowest BCUT2D eigenvalue weighted by Gasteiger charge is -2.00. The van der Waals surface area contributed by atoms with Crippen LogP contribution in [-0.4, -0.2) is 16.0 Å². The molecule has 1 aromatic heterocycles. The van der Waals surface area contributed by atoms with Gasteiger partial charge >= 0.3 is 0 Å². The molecular weight excluding hydrogens is 222 g/mol. The average Bonchev–Trinajstić information content (AvgIpc) is 2.08. The van der Waals surface area contributed by atoms with Gasteiger partial charge in [-0.25, -0.2) is 4.98 Å². The van der Waals surface area contributed by atoms with Crippen LogP contribution in [-0.2, 0) is 0 Å². The molecule has 12 heavy (non-hydrogen) atoms. The van der Waals surface area contributed by atoms with Crippen molar-refractivity contribution in [1.29, 1.82) is 0 Å². The molecule has 0 aromatic carbocycles. The summed E-state index contributed by atoms with van der Waals surface area (Å²) in [4.78, 5) is 4.08. The van der Waals surface area contributed by atoms with Crippen LogP contribution in [0.1, 0.15) is 11.4 Å². The van der Waals surface area contributed by atoms with Crippen molar-refractivity contribution in [2.24, 2.45) is 10.9 Å². The van der Waals surface area contributed by atoms with Gasteiger partial charge in [0.05, 0.1) is 5.69 Å². The van der Waals surface area contributed by atoms with Crippen LogP contribution in [0.2, 0.25) is 0 Å². The van der Waals surface area contributed by atoms with E-state index in [1.54, 1.807) is 12.1 Å². The average molecular weight is 230 g/mol. The largest absolute Gasteiger partial charge is 0.409 e. The number of amidine groups is 1. The Bertz CT molecular complexity index is 324. The molecule has 1 rings (SSSR count). The molecule has 0 amide bonds. The maximum absolute atomic E-state index is 8.36. The number of nitrogens with zero attached hydrogens (tertiary/aromatic N) is 2. The van der Waals surface area contributed by atoms with Crippen molar-refractivity contribution < 1.29 is 5.21 Å². The first-order valence-corrected chi connectivity index (χ1v) is 4.05. The third kappa shape index (κ3) is 1.73. The van der Waals surface area contributed by atoms with Crippen molar-refractivity contribution in [2.75, 3.05) is 0 Å². The Morgan fingerprint density at radius 3 is 2.83 bits per heavy atom. The second kappa shape index (κ2) is 3.53. The fraction of sp³-hybridized carbons (Fsp3) is 0.143. The second-order valence-corrected chi connectivity index (χ2v) is 3.10. The summed E-state index contributed by atoms with van der Waals surface area (Å²) in [7, 11) is 0. The van der Waals surface area contributed by atoms with Gasteiger partial charge in [0, 0.05) is 4.47 Å². The Morgan fingerprint density at radius 2 is 2.33 bits per heavy atom. The van der Waals surface area contributed by atoms with Crippen LogP contribution in [0.3, 0.4) is 0 Å². The lowest BCUT2D eigenvalue weighted by molar-refractivity contribution is 0.318. The number of aryl methyl sites for hydroxylation is 1. The van der Waals surface area contributed by atoms with Crippen molar-refractivity contribution in [3.63, 3.8) is 0 Å². The zero-order valence-corrected chi connectivity index (χ0v) is 8.04. The van der Waals surface area contributed by atoms with Crippen molar-refractivity contribution >= 4 is 21.8 Å². The van der Waals surface area contributed by atoms with E-state index in [0.717, 1.165) is 10.2 Å². The van der Waals surface area contributed by atoms with Crippen LogP contribution in [0.15, 0.2) is 21.8 Å². The van der Waals surface area contributed by atoms with Gasteiger partial charge in [0.2, 0.25) is 0 Å². The summed E-state index contributed by atoms with van der Waals surface area (Å²) in [6, 6.07) is 3.47. The van der Waals surface area contributed by atoms with Crippen molar-refractivity contribution in [3.05, 3.63) is 28.0 Å². The standard InChI is InChI=1S/C7H8BrN3O/c1-4-5(8)2-3-6(10-4)7(9)11-12/h2-3,12H,1H3,(H2,9,11). The van der Waals surface area contributed by atoms with Gasteiger partial charge in [-0.3, -0.25) is 0 Å². The van der Waals surface area contributed by atoms with Crippen LogP contribution >= 0.6 is 15.9 Å². The zero-order chi connectivity index (χ0) is 9.14. The van der Waals surface area contributed by atoms with E-state index in [0.29, 0.717) is 5.69 Å². The number of hydrogen-bond donors (Lipinski definition) is 2. The molecule has 5 heteroatoms. The van der Waals surface area contributed by atoms with Gasteiger partial charge in [0.15, 0.2) is 5.84 Å². The minimum atomic E-state index is 0.0191. The highest BCUT2D eigenvalue weighted by atomic mass is 79.9. The van der Waals surface area contributed by atoms with Gasteiger partial charge < -0.3 is 10.9 Å². The van der Waals surface area contributed by atoms with Gasteiger partial charge in [-0.15, -0.1) is 0 Å². The number of aromatic nitrogens is 1. The molecule has 0 saturated heterocycles. The van der Waals surface area contributed by atoms with Crippen LogP contribution < -0.4 is 5.73 Å². The topological polar surface area (TPSA) is 71.5 Å². The van der Waals surface area contributed by atoms with E-state index in [-0.39, 0.29) is 5.84 Å². The van der Waals surface area contributed by atoms with Crippen LogP contribution in [0.25, 0.3) is 0 Å². The lowest BCUT2D eigenvalue weighted by Crippen LogP contribution is -2.15. The predicted octanol–water partition coefficient (Wildman–Crippen LogP) is 1.25. The third-order valence-corrected chi connectivity index (χ3v) is 2.23. The predicted molar refractivity (Wildman–Crippen MR) is 49.2 cm³/mol. The van der Waals surface area contributed by atoms with Crippen LogP contribution in [0, 0.1) is 6.92 Å². The molecule has 0 saturated carbocycles. The number of halogens is 1. The molecule has 0 fully saturated rings. The Kier molecular flexibility index (Phi) is 2.65. The van der Waals surface area contributed by atoms with E-state index in [9.17, 15) is 0 Å². The Balaban J connectivity index is 3.13. The first-order valence-electron chi connectivity index (χ1n) is 3.26. The molecule has 0 radical (unpaired) electrons. The summed E-state index contributed by atoms with van der Waals surface area (Å²) in [5.41, 5.74) is 6.61. The number of oxime groups is 1. The zero-order valence-electron chi connectivity index (χ0n) is 6.45. The van der Waals surface area contributed by atoms with Crippen molar-refractivity contribution in [2.45, 2.75) is 6.92 Å². The van der Waals surface area contributed by atoms with E-state index < -0.39 is 0 Å². The molecule has 4 nitrogen and oxygen atoms in total. The molecule has 0 aliphatic carbocycles. The summed E-state index contributed by atoms with van der Waals surface area (Å²) in [5.74, 6) is 0.0191. The maximum atomic E-state index is 8.36. The summed E-state index contributed by atoms with van der Waals surface area (Å²) in [5, 5.41) is 11.2. The van der Waals surface area contributed by atoms with Crippen molar-refractivity contribution in [3.8, 4) is 0 Å². The highest BCUT2D eigenvalue weighted by Gasteiger charge is 2.02. The smallest absolute Gasteiger partial charge is 0.188 e. The number of rotatable bonds is 1. The first kappa shape index (κ1) is 8.99. The summed E-state index contributed by atoms with van der Waals surface area (Å²) >= 11 is 3.29. The number of pyridine rings is 1. The molecule has 3 N–H and O–H groups in total. The second-order valence-electron chi connectivity index (χ2n) is 2.25. The normalized spacial score (nSPS) is 11.7. The minimum Gasteiger partial charge on any atom is -0.409 e. The molecule has 0 bridgehead atoms. The summed E-state index contributed by atoms with van der Waals surface area (Å²) in [6.45, 7) is 1.83. The van der Waals surface area contributed by atoms with Gasteiger partial charge in [0.25, 0.3) is 0 Å². The fourth-order valence-electron chi connectivity index (χ4n) is 0.738. The Morgan fingerprint density at radius 1 is 1.67 bits per heavy atom. The van der Waals surface area contributed by atoms with Crippen LogP contribution in [0.5, 0.6) is 0 Å². The molecule has 0 unspecified atom stereocenters. The van der Waals surface area contributed by atoms with E-state index >= 15 is 0 Å². The molecular formula is C7H8BrN3O. The minimum absolute atomic E-state index is 0.0191. The lowest BCUT2D eigenvalue weighted by atomic mass is 10.3. The summed E-state index contributed by atoms with van der Waals surface area (Å²) < 4.78 is 0.900. The maximum Gasteiger partial charge on any atom is 0.188 e. The quantitative estimate of drug-likeness (QED) is 0.330.